The van der Waals surface area contributed by atoms with Gasteiger partial charge in [-0.1, -0.05) is 71.8 Å². The monoisotopic (exact) mass is 1300 g/mol. The van der Waals surface area contributed by atoms with Crippen molar-refractivity contribution in [2.75, 3.05) is 76.5 Å². The Hall–Kier alpha value is -6.66. The summed E-state index contributed by atoms with van der Waals surface area (Å²) in [6.07, 6.45) is 17.4. The van der Waals surface area contributed by atoms with E-state index in [1.165, 1.54) is 36.5 Å². The maximum Gasteiger partial charge on any atom is 0.343 e. The second-order valence-electron chi connectivity index (χ2n) is 27.2. The Morgan fingerprint density at radius 2 is 1.02 bits per heavy atom. The first-order valence-electron chi connectivity index (χ1n) is 32.9. The topological polar surface area (TPSA) is 199 Å². The number of benzene rings is 4. The fraction of sp³-hybridized carbons (Fsp3) is 0.514. The molecule has 0 radical (unpaired) electrons. The van der Waals surface area contributed by atoms with Gasteiger partial charge < -0.3 is 59.0 Å². The molecular weight excluding hydrogens is 1210 g/mol. The first-order valence-corrected chi connectivity index (χ1v) is 33.7. The lowest BCUT2D eigenvalue weighted by molar-refractivity contribution is -0.169. The van der Waals surface area contributed by atoms with Crippen molar-refractivity contribution in [3.8, 4) is 11.5 Å². The van der Waals surface area contributed by atoms with Crippen molar-refractivity contribution in [1.82, 2.24) is 9.80 Å². The van der Waals surface area contributed by atoms with E-state index in [1.807, 2.05) is 12.1 Å². The molecule has 2 spiro atoms. The number of aliphatic hydroxyl groups excluding tert-OH is 2. The van der Waals surface area contributed by atoms with Crippen molar-refractivity contribution in [3.05, 3.63) is 167 Å². The second-order valence-corrected chi connectivity index (χ2v) is 28.1. The van der Waals surface area contributed by atoms with Crippen LogP contribution in [0.25, 0.3) is 0 Å². The van der Waals surface area contributed by atoms with Crippen LogP contribution in [0.4, 0.5) is 11.4 Å². The molecule has 2 saturated carbocycles. The van der Waals surface area contributed by atoms with Gasteiger partial charge in [0.05, 0.1) is 63.9 Å². The van der Waals surface area contributed by atoms with Gasteiger partial charge >= 0.3 is 11.9 Å². The van der Waals surface area contributed by atoms with E-state index in [-0.39, 0.29) is 69.5 Å². The number of methoxy groups -OCH3 is 2. The van der Waals surface area contributed by atoms with E-state index in [2.05, 4.69) is 60.4 Å². The lowest BCUT2D eigenvalue weighted by Crippen LogP contribution is -2.53. The fourth-order valence-electron chi connectivity index (χ4n) is 16.2. The molecule has 8 aliphatic rings. The lowest BCUT2D eigenvalue weighted by atomic mass is 9.68. The summed E-state index contributed by atoms with van der Waals surface area (Å²) in [5.41, 5.74) is 2.01. The third-order valence-electron chi connectivity index (χ3n) is 21.9. The number of fused-ring (bicyclic) bond motifs is 6. The Labute approximate surface area is 551 Å². The molecule has 2 saturated heterocycles. The number of likely N-dealkylation sites (tertiary alicyclic amines) is 2. The molecular formula is C74H90Cl2N4O12. The van der Waals surface area contributed by atoms with Gasteiger partial charge in [-0.25, -0.2) is 9.59 Å². The molecule has 18 heteroatoms. The Morgan fingerprint density at radius 1 is 0.609 bits per heavy atom. The minimum atomic E-state index is -2.18. The molecule has 92 heavy (non-hydrogen) atoms. The molecule has 0 aromatic heterocycles. The number of halogens is 2. The van der Waals surface area contributed by atoms with Crippen LogP contribution in [-0.4, -0.2) is 145 Å². The standard InChI is InChI=1S/2C37H45ClN2O6/c2*1-4-7-28-15-17-40(28)34(42)20-37(44,35(43)45-3)26-10-14-33-31(19-26)39(21-25-9-12-29(25)32(41)5-2)22-36(23-46-33)16-6-8-24-18-27(38)11-13-30(24)36/h2*4-5,10-11,13-14,18-19,25,28-29,32,41,44H,1-2,6-9,12,15-17,20-23H2,3H3/t2*25?,28-,29?,32?,36?,37?/m00/s1. The van der Waals surface area contributed by atoms with E-state index in [1.54, 1.807) is 70.5 Å². The number of nitrogens with zero attached hydrogens (tertiary/aromatic N) is 4. The Morgan fingerprint density at radius 3 is 1.36 bits per heavy atom. The quantitative estimate of drug-likeness (QED) is 0.0481. The lowest BCUT2D eigenvalue weighted by Gasteiger charge is -2.45. The minimum absolute atomic E-state index is 0.0219. The van der Waals surface area contributed by atoms with Gasteiger partial charge in [0.25, 0.3) is 0 Å². The van der Waals surface area contributed by atoms with E-state index in [9.17, 15) is 39.6 Å². The van der Waals surface area contributed by atoms with Gasteiger partial charge in [0.1, 0.15) is 11.5 Å². The summed E-state index contributed by atoms with van der Waals surface area (Å²) in [6.45, 7) is 19.9. The predicted molar refractivity (Wildman–Crippen MR) is 356 cm³/mol. The number of hydrogen-bond donors (Lipinski definition) is 4. The van der Waals surface area contributed by atoms with Gasteiger partial charge in [0.2, 0.25) is 11.8 Å². The van der Waals surface area contributed by atoms with Crippen LogP contribution in [-0.2, 0) is 63.5 Å². The molecule has 4 aromatic rings. The highest BCUT2D eigenvalue weighted by molar-refractivity contribution is 6.31. The molecule has 4 aromatic carbocycles. The molecule has 2 amide bonds. The number of carbonyl (C=O) groups excluding carboxylic acids is 4. The summed E-state index contributed by atoms with van der Waals surface area (Å²) in [6, 6.07) is 22.8. The zero-order valence-electron chi connectivity index (χ0n) is 53.3. The van der Waals surface area contributed by atoms with Crippen molar-refractivity contribution in [2.24, 2.45) is 23.7 Å². The zero-order chi connectivity index (χ0) is 65.3. The highest BCUT2D eigenvalue weighted by atomic mass is 35.5. The van der Waals surface area contributed by atoms with Crippen LogP contribution in [0.2, 0.25) is 10.0 Å². The number of aryl methyl sites for hydroxylation is 2. The highest BCUT2D eigenvalue weighted by Gasteiger charge is 2.51. The van der Waals surface area contributed by atoms with Crippen LogP contribution in [0.5, 0.6) is 11.5 Å². The molecule has 16 nitrogen and oxygen atoms in total. The van der Waals surface area contributed by atoms with Gasteiger partial charge in [0.15, 0.2) is 11.2 Å². The first-order chi connectivity index (χ1) is 44.2. The Bertz CT molecular complexity index is 3250. The Balaban J connectivity index is 0.000000188. The molecule has 4 heterocycles. The molecule has 4 aliphatic heterocycles. The summed E-state index contributed by atoms with van der Waals surface area (Å²) in [4.78, 5) is 61.4. The number of hydrogen-bond acceptors (Lipinski definition) is 14. The van der Waals surface area contributed by atoms with E-state index in [4.69, 9.17) is 42.1 Å². The minimum Gasteiger partial charge on any atom is -0.490 e. The molecule has 10 unspecified atom stereocenters. The van der Waals surface area contributed by atoms with Crippen LogP contribution < -0.4 is 19.3 Å². The van der Waals surface area contributed by atoms with E-state index < -0.39 is 48.2 Å². The maximum absolute atomic E-state index is 13.4. The molecule has 4 N–H and O–H groups in total. The number of anilines is 2. The molecule has 4 fully saturated rings. The summed E-state index contributed by atoms with van der Waals surface area (Å²) >= 11 is 12.8. The summed E-state index contributed by atoms with van der Waals surface area (Å²) < 4.78 is 23.4. The Kier molecular flexibility index (Phi) is 20.1. The fourth-order valence-corrected chi connectivity index (χ4v) is 16.6. The number of ether oxygens (including phenoxy) is 4. The number of amides is 2. The average molecular weight is 1300 g/mol. The molecule has 4 aliphatic carbocycles. The third-order valence-corrected chi connectivity index (χ3v) is 22.4. The highest BCUT2D eigenvalue weighted by Crippen LogP contribution is 2.51. The van der Waals surface area contributed by atoms with Crippen molar-refractivity contribution in [2.45, 2.75) is 149 Å². The number of aliphatic hydroxyl groups is 4. The predicted octanol–water partition coefficient (Wildman–Crippen LogP) is 10.6. The van der Waals surface area contributed by atoms with Crippen molar-refractivity contribution < 1.29 is 58.6 Å². The van der Waals surface area contributed by atoms with Crippen LogP contribution in [0, 0.1) is 23.7 Å². The van der Waals surface area contributed by atoms with Gasteiger partial charge in [-0.15, -0.1) is 26.3 Å². The molecule has 492 valence electrons. The molecule has 12 rings (SSSR count). The van der Waals surface area contributed by atoms with Crippen LogP contribution in [0.1, 0.15) is 123 Å². The number of rotatable bonds is 20. The van der Waals surface area contributed by atoms with Gasteiger partial charge in [0, 0.05) is 72.2 Å². The number of carbonyl (C=O) groups is 4. The maximum atomic E-state index is 13.4. The molecule has 0 bridgehead atoms. The second kappa shape index (κ2) is 27.7. The van der Waals surface area contributed by atoms with Gasteiger partial charge in [-0.05, 0) is 195 Å². The summed E-state index contributed by atoms with van der Waals surface area (Å²) in [5, 5.41) is 46.8. The van der Waals surface area contributed by atoms with E-state index in [0.717, 1.165) is 98.5 Å². The third kappa shape index (κ3) is 12.9. The van der Waals surface area contributed by atoms with E-state index in [0.29, 0.717) is 76.8 Å². The SMILES string of the molecule is C=CC[C@H]1CCN1C(=O)CC(O)(C(=O)OC)c1ccc2c(c1)N(CC1CCC1C(O)C=C)CC1(CCCc3cc(Cl)ccc31)CO2.C=CC[C@H]1CCN1C(=O)CC(O)(C(=O)OC)c1ccc2c(c1)N(CC1CCC1C(O)C=C)CC1(CCCc3cc(Cl)ccc31)CO2. The van der Waals surface area contributed by atoms with Crippen LogP contribution >= 0.6 is 23.2 Å². The average Bonchev–Trinajstić information content (AvgIpc) is 1.50. The van der Waals surface area contributed by atoms with Gasteiger partial charge in [-0.3, -0.25) is 9.59 Å². The van der Waals surface area contributed by atoms with Gasteiger partial charge in [-0.2, -0.15) is 0 Å². The van der Waals surface area contributed by atoms with Crippen LogP contribution in [0.15, 0.2) is 123 Å². The number of esters is 2. The van der Waals surface area contributed by atoms with Crippen molar-refractivity contribution >= 4 is 58.3 Å². The molecule has 12 atom stereocenters. The van der Waals surface area contributed by atoms with Crippen LogP contribution in [0.3, 0.4) is 0 Å². The van der Waals surface area contributed by atoms with Crippen molar-refractivity contribution in [1.29, 1.82) is 0 Å². The zero-order valence-corrected chi connectivity index (χ0v) is 54.8. The largest absolute Gasteiger partial charge is 0.490 e. The smallest absolute Gasteiger partial charge is 0.343 e. The normalized spacial score (nSPS) is 27.0. The first kappa shape index (κ1) is 66.8. The summed E-state index contributed by atoms with van der Waals surface area (Å²) in [7, 11) is 2.44. The van der Waals surface area contributed by atoms with Crippen molar-refractivity contribution in [3.63, 3.8) is 0 Å². The van der Waals surface area contributed by atoms with E-state index >= 15 is 0 Å². The summed E-state index contributed by atoms with van der Waals surface area (Å²) in [5.74, 6) is -0.427.